The molecule has 34 heavy (non-hydrogen) atoms. The molecular formula is C26H23N3O4S. The highest BCUT2D eigenvalue weighted by molar-refractivity contribution is 7.10. The lowest BCUT2D eigenvalue weighted by atomic mass is 9.98. The number of esters is 1. The number of hydrogen-bond donors (Lipinski definition) is 0. The number of amides is 1. The molecule has 8 heteroatoms. The van der Waals surface area contributed by atoms with E-state index in [1.807, 2.05) is 61.7 Å². The van der Waals surface area contributed by atoms with E-state index in [1.54, 1.807) is 17.2 Å². The first-order valence-electron chi connectivity index (χ1n) is 11.0. The van der Waals surface area contributed by atoms with Crippen LogP contribution in [0.4, 0.5) is 5.69 Å². The smallest absolute Gasteiger partial charge is 0.312 e. The number of hydrogen-bond acceptors (Lipinski definition) is 6. The monoisotopic (exact) mass is 473 g/mol. The van der Waals surface area contributed by atoms with E-state index in [0.29, 0.717) is 11.3 Å². The van der Waals surface area contributed by atoms with Gasteiger partial charge in [0.2, 0.25) is 5.91 Å². The lowest BCUT2D eigenvalue weighted by Crippen LogP contribution is -2.30. The van der Waals surface area contributed by atoms with E-state index in [9.17, 15) is 14.4 Å². The third-order valence-electron chi connectivity index (χ3n) is 6.07. The largest absolute Gasteiger partial charge is 0.459 e. The maximum Gasteiger partial charge on any atom is 0.312 e. The van der Waals surface area contributed by atoms with Crippen molar-refractivity contribution in [1.82, 2.24) is 9.38 Å². The van der Waals surface area contributed by atoms with Gasteiger partial charge in [-0.3, -0.25) is 18.8 Å². The molecule has 2 atom stereocenters. The molecule has 0 saturated carbocycles. The number of carbonyl (C=O) groups is 2. The quantitative estimate of drug-likeness (QED) is 0.406. The first kappa shape index (κ1) is 22.0. The molecule has 2 unspecified atom stereocenters. The summed E-state index contributed by atoms with van der Waals surface area (Å²) in [6.07, 6.45) is 1.71. The number of rotatable bonds is 5. The summed E-state index contributed by atoms with van der Waals surface area (Å²) < 4.78 is 7.07. The van der Waals surface area contributed by atoms with E-state index in [4.69, 9.17) is 4.74 Å². The Hall–Kier alpha value is -3.78. The molecule has 0 N–H and O–H groups in total. The number of fused-ring (bicyclic) bond motifs is 1. The minimum atomic E-state index is -0.657. The van der Waals surface area contributed by atoms with Gasteiger partial charge in [0, 0.05) is 29.2 Å². The lowest BCUT2D eigenvalue weighted by molar-refractivity contribution is -0.150. The Labute approximate surface area is 200 Å². The van der Waals surface area contributed by atoms with Gasteiger partial charge < -0.3 is 9.64 Å². The Morgan fingerprint density at radius 2 is 1.91 bits per heavy atom. The fraction of sp³-hybridized carbons (Fsp3) is 0.231. The van der Waals surface area contributed by atoms with Gasteiger partial charge in [-0.25, -0.2) is 4.98 Å². The van der Waals surface area contributed by atoms with E-state index < -0.39 is 17.9 Å². The van der Waals surface area contributed by atoms with Crippen molar-refractivity contribution >= 4 is 34.5 Å². The van der Waals surface area contributed by atoms with Crippen molar-refractivity contribution in [2.45, 2.75) is 32.9 Å². The highest BCUT2D eigenvalue weighted by Crippen LogP contribution is 2.43. The normalized spacial score (nSPS) is 17.9. The molecule has 172 valence electrons. The van der Waals surface area contributed by atoms with Crippen LogP contribution in [-0.2, 0) is 20.9 Å². The summed E-state index contributed by atoms with van der Waals surface area (Å²) in [6, 6.07) is 16.1. The summed E-state index contributed by atoms with van der Waals surface area (Å²) in [4.78, 5) is 45.8. The number of aromatic nitrogens is 2. The van der Waals surface area contributed by atoms with Crippen molar-refractivity contribution in [3.63, 3.8) is 0 Å². The fourth-order valence-corrected chi connectivity index (χ4v) is 5.26. The van der Waals surface area contributed by atoms with Crippen LogP contribution >= 0.6 is 11.3 Å². The van der Waals surface area contributed by atoms with Crippen LogP contribution in [0.15, 0.2) is 71.0 Å². The molecule has 1 saturated heterocycles. The van der Waals surface area contributed by atoms with Crippen molar-refractivity contribution < 1.29 is 14.3 Å². The number of carbonyl (C=O) groups excluding carboxylic acids is 2. The van der Waals surface area contributed by atoms with Crippen LogP contribution in [0.1, 0.15) is 34.2 Å². The highest BCUT2D eigenvalue weighted by atomic mass is 32.1. The number of pyridine rings is 1. The molecule has 1 aliphatic rings. The third kappa shape index (κ3) is 4.01. The summed E-state index contributed by atoms with van der Waals surface area (Å²) in [6.45, 7) is 3.72. The first-order valence-corrected chi connectivity index (χ1v) is 11.9. The summed E-state index contributed by atoms with van der Waals surface area (Å²) >= 11 is 1.51. The van der Waals surface area contributed by atoms with E-state index in [1.165, 1.54) is 21.8 Å². The second-order valence-electron chi connectivity index (χ2n) is 8.45. The molecule has 1 amide bonds. The van der Waals surface area contributed by atoms with Crippen molar-refractivity contribution in [2.75, 3.05) is 4.90 Å². The van der Waals surface area contributed by atoms with Crippen molar-refractivity contribution in [2.24, 2.45) is 5.92 Å². The predicted molar refractivity (Wildman–Crippen MR) is 130 cm³/mol. The number of ether oxygens (including phenoxy) is 1. The standard InChI is InChI=1S/C26H23N3O4S/c1-16-7-9-19(10-8-16)29-23(31)14-20(24(29)21-6-4-12-34-21)26(32)33-15-18-13-22(30)28-11-3-5-17(2)25(28)27-18/h3-13,20,24H,14-15H2,1-2H3. The molecular weight excluding hydrogens is 450 g/mol. The Balaban J connectivity index is 1.41. The Morgan fingerprint density at radius 1 is 1.12 bits per heavy atom. The van der Waals surface area contributed by atoms with Crippen LogP contribution in [0, 0.1) is 19.8 Å². The molecule has 4 aromatic rings. The molecule has 1 aromatic carbocycles. The Kier molecular flexibility index (Phi) is 5.75. The van der Waals surface area contributed by atoms with Crippen LogP contribution in [0.3, 0.4) is 0 Å². The number of anilines is 1. The Bertz CT molecular complexity index is 1430. The average Bonchev–Trinajstić information content (AvgIpc) is 3.47. The summed E-state index contributed by atoms with van der Waals surface area (Å²) in [5, 5.41) is 1.93. The minimum Gasteiger partial charge on any atom is -0.459 e. The van der Waals surface area contributed by atoms with E-state index in [2.05, 4.69) is 4.98 Å². The zero-order valence-corrected chi connectivity index (χ0v) is 19.6. The third-order valence-corrected chi connectivity index (χ3v) is 7.02. The van der Waals surface area contributed by atoms with Crippen LogP contribution in [0.5, 0.6) is 0 Å². The molecule has 0 aliphatic carbocycles. The number of thiophene rings is 1. The second kappa shape index (κ2) is 8.87. The Morgan fingerprint density at radius 3 is 2.65 bits per heavy atom. The number of aryl methyl sites for hydroxylation is 2. The van der Waals surface area contributed by atoms with Crippen molar-refractivity contribution in [3.8, 4) is 0 Å². The predicted octanol–water partition coefficient (Wildman–Crippen LogP) is 4.21. The molecule has 0 spiro atoms. The second-order valence-corrected chi connectivity index (χ2v) is 9.43. The van der Waals surface area contributed by atoms with E-state index in [0.717, 1.165) is 21.7 Å². The SMILES string of the molecule is Cc1ccc(N2C(=O)CC(C(=O)OCc3cc(=O)n4cccc(C)c4n3)C2c2cccs2)cc1. The van der Waals surface area contributed by atoms with Gasteiger partial charge in [-0.2, -0.15) is 0 Å². The van der Waals surface area contributed by atoms with Crippen LogP contribution < -0.4 is 10.5 Å². The number of benzene rings is 1. The van der Waals surface area contributed by atoms with Gasteiger partial charge in [-0.05, 0) is 49.1 Å². The zero-order valence-electron chi connectivity index (χ0n) is 18.8. The first-order chi connectivity index (χ1) is 16.4. The van der Waals surface area contributed by atoms with Crippen LogP contribution in [0.2, 0.25) is 0 Å². The molecule has 1 aliphatic heterocycles. The molecule has 5 rings (SSSR count). The van der Waals surface area contributed by atoms with Gasteiger partial charge in [0.1, 0.15) is 12.3 Å². The van der Waals surface area contributed by atoms with E-state index in [-0.39, 0.29) is 24.5 Å². The maximum absolute atomic E-state index is 13.2. The zero-order chi connectivity index (χ0) is 23.8. The average molecular weight is 474 g/mol. The molecule has 7 nitrogen and oxygen atoms in total. The van der Waals surface area contributed by atoms with Crippen LogP contribution in [-0.4, -0.2) is 21.3 Å². The van der Waals surface area contributed by atoms with Gasteiger partial charge in [0.15, 0.2) is 0 Å². The lowest BCUT2D eigenvalue weighted by Gasteiger charge is -2.27. The molecule has 3 aromatic heterocycles. The fourth-order valence-electron chi connectivity index (χ4n) is 4.38. The van der Waals surface area contributed by atoms with Gasteiger partial charge in [-0.1, -0.05) is 29.8 Å². The van der Waals surface area contributed by atoms with Gasteiger partial charge in [0.05, 0.1) is 17.7 Å². The maximum atomic E-state index is 13.2. The summed E-state index contributed by atoms with van der Waals surface area (Å²) in [5.41, 5.74) is 3.36. The molecule has 0 radical (unpaired) electrons. The topological polar surface area (TPSA) is 81.0 Å². The molecule has 0 bridgehead atoms. The summed E-state index contributed by atoms with van der Waals surface area (Å²) in [5.74, 6) is -1.26. The minimum absolute atomic E-state index is 0.0577. The highest BCUT2D eigenvalue weighted by Gasteiger charge is 2.46. The van der Waals surface area contributed by atoms with Gasteiger partial charge in [0.25, 0.3) is 5.56 Å². The van der Waals surface area contributed by atoms with E-state index >= 15 is 0 Å². The summed E-state index contributed by atoms with van der Waals surface area (Å²) in [7, 11) is 0. The van der Waals surface area contributed by atoms with Gasteiger partial charge >= 0.3 is 5.97 Å². The van der Waals surface area contributed by atoms with Crippen LogP contribution in [0.25, 0.3) is 5.65 Å². The molecule has 1 fully saturated rings. The van der Waals surface area contributed by atoms with Crippen molar-refractivity contribution in [1.29, 1.82) is 0 Å². The van der Waals surface area contributed by atoms with Gasteiger partial charge in [-0.15, -0.1) is 11.3 Å². The van der Waals surface area contributed by atoms with Crippen molar-refractivity contribution in [3.05, 3.63) is 98.2 Å². The molecule has 4 heterocycles. The number of nitrogens with zero attached hydrogens (tertiary/aromatic N) is 3.